The summed E-state index contributed by atoms with van der Waals surface area (Å²) in [5, 5.41) is 0. The molecule has 3 fully saturated rings. The molecule has 3 rings (SSSR count). The normalized spacial score (nSPS) is 51.9. The molecular formula is C15H24. The molecule has 0 unspecified atom stereocenters. The molecule has 0 heterocycles. The monoisotopic (exact) mass is 204 g/mol. The first-order chi connectivity index (χ1) is 6.92. The molecule has 0 nitrogen and oxygen atoms in total. The van der Waals surface area contributed by atoms with Crippen LogP contribution in [0.4, 0.5) is 0 Å². The smallest absolute Gasteiger partial charge is 0.000144 e. The van der Waals surface area contributed by atoms with Crippen LogP contribution in [0.15, 0.2) is 12.2 Å². The van der Waals surface area contributed by atoms with Crippen LogP contribution >= 0.6 is 0 Å². The first kappa shape index (κ1) is 9.93. The average molecular weight is 204 g/mol. The lowest BCUT2D eigenvalue weighted by molar-refractivity contribution is -0.125. The summed E-state index contributed by atoms with van der Waals surface area (Å²) in [6.45, 7) is 11.9. The minimum atomic E-state index is 0.564. The average Bonchev–Trinajstić information content (AvgIpc) is 2.37. The number of hydrogen-bond donors (Lipinski definition) is 0. The van der Waals surface area contributed by atoms with Crippen molar-refractivity contribution in [1.29, 1.82) is 0 Å². The second-order valence-electron chi connectivity index (χ2n) is 7.25. The molecule has 0 radical (unpaired) electrons. The molecule has 15 heavy (non-hydrogen) atoms. The lowest BCUT2D eigenvalue weighted by Crippen LogP contribution is -2.58. The second-order valence-corrected chi connectivity index (χ2v) is 7.25. The third-order valence-electron chi connectivity index (χ3n) is 6.17. The topological polar surface area (TPSA) is 0 Å². The molecule has 0 saturated heterocycles. The van der Waals surface area contributed by atoms with E-state index in [1.54, 1.807) is 5.57 Å². The maximum absolute atomic E-state index is 4.44. The Morgan fingerprint density at radius 1 is 1.20 bits per heavy atom. The molecule has 3 saturated carbocycles. The van der Waals surface area contributed by atoms with Crippen LogP contribution in [0, 0.1) is 22.2 Å². The van der Waals surface area contributed by atoms with E-state index in [4.69, 9.17) is 0 Å². The highest BCUT2D eigenvalue weighted by Crippen LogP contribution is 2.78. The minimum Gasteiger partial charge on any atom is -0.0993 e. The van der Waals surface area contributed by atoms with E-state index in [0.717, 1.165) is 5.92 Å². The van der Waals surface area contributed by atoms with Gasteiger partial charge in [0, 0.05) is 5.41 Å². The summed E-state index contributed by atoms with van der Waals surface area (Å²) in [5.41, 5.74) is 3.38. The van der Waals surface area contributed by atoms with E-state index >= 15 is 0 Å². The van der Waals surface area contributed by atoms with Crippen LogP contribution in [-0.4, -0.2) is 0 Å². The van der Waals surface area contributed by atoms with Crippen molar-refractivity contribution in [2.75, 3.05) is 0 Å². The van der Waals surface area contributed by atoms with Crippen LogP contribution in [0.2, 0.25) is 0 Å². The summed E-state index contributed by atoms with van der Waals surface area (Å²) in [5.74, 6) is 0.947. The molecule has 0 aromatic rings. The summed E-state index contributed by atoms with van der Waals surface area (Å²) in [6, 6.07) is 0. The number of hydrogen-bond acceptors (Lipinski definition) is 0. The van der Waals surface area contributed by atoms with Crippen LogP contribution < -0.4 is 0 Å². The van der Waals surface area contributed by atoms with E-state index in [1.807, 2.05) is 0 Å². The van der Waals surface area contributed by atoms with Crippen LogP contribution in [-0.2, 0) is 0 Å². The van der Waals surface area contributed by atoms with Crippen molar-refractivity contribution in [3.8, 4) is 0 Å². The fourth-order valence-electron chi connectivity index (χ4n) is 5.52. The van der Waals surface area contributed by atoms with Crippen molar-refractivity contribution in [3.63, 3.8) is 0 Å². The van der Waals surface area contributed by atoms with E-state index in [-0.39, 0.29) is 0 Å². The Labute approximate surface area is 94.1 Å². The fraction of sp³-hybridized carbons (Fsp3) is 0.867. The van der Waals surface area contributed by atoms with E-state index < -0.39 is 0 Å². The highest BCUT2D eigenvalue weighted by atomic mass is 14.7. The molecule has 0 aromatic carbocycles. The summed E-state index contributed by atoms with van der Waals surface area (Å²) < 4.78 is 0. The molecule has 0 aliphatic heterocycles. The largest absolute Gasteiger partial charge is 0.0993 e. The molecule has 0 aromatic heterocycles. The highest BCUT2D eigenvalue weighted by Gasteiger charge is 2.70. The maximum Gasteiger partial charge on any atom is 0.000144 e. The summed E-state index contributed by atoms with van der Waals surface area (Å²) in [4.78, 5) is 0. The van der Waals surface area contributed by atoms with E-state index in [0.29, 0.717) is 16.2 Å². The molecular weight excluding hydrogens is 180 g/mol. The van der Waals surface area contributed by atoms with Crippen LogP contribution in [0.3, 0.4) is 0 Å². The predicted octanol–water partition coefficient (Wildman–Crippen LogP) is 4.56. The first-order valence-electron chi connectivity index (χ1n) is 6.61. The third-order valence-corrected chi connectivity index (χ3v) is 6.17. The van der Waals surface area contributed by atoms with Crippen molar-refractivity contribution in [3.05, 3.63) is 12.2 Å². The molecule has 3 aliphatic rings. The highest BCUT2D eigenvalue weighted by molar-refractivity contribution is 5.32. The van der Waals surface area contributed by atoms with Gasteiger partial charge >= 0.3 is 0 Å². The van der Waals surface area contributed by atoms with Gasteiger partial charge < -0.3 is 0 Å². The van der Waals surface area contributed by atoms with Crippen LogP contribution in [0.25, 0.3) is 0 Å². The molecule has 0 N–H and O–H groups in total. The number of rotatable bonds is 0. The van der Waals surface area contributed by atoms with Crippen molar-refractivity contribution in [1.82, 2.24) is 0 Å². The summed E-state index contributed by atoms with van der Waals surface area (Å²) in [6.07, 6.45) is 8.49. The Morgan fingerprint density at radius 2 is 1.93 bits per heavy atom. The molecule has 1 spiro atoms. The fourth-order valence-corrected chi connectivity index (χ4v) is 5.52. The molecule has 0 heteroatoms. The van der Waals surface area contributed by atoms with E-state index in [9.17, 15) is 0 Å². The van der Waals surface area contributed by atoms with Crippen LogP contribution in [0.1, 0.15) is 59.3 Å². The standard InChI is InChI=1S/C15H24/c1-11-6-5-8-14(4)9-7-12-13(2,3)10-15(11,12)14/h12H,1,5-10H2,2-4H3/t12-,14+,15-/m0/s1. The molecule has 84 valence electrons. The van der Waals surface area contributed by atoms with E-state index in [1.165, 1.54) is 38.5 Å². The van der Waals surface area contributed by atoms with Crippen molar-refractivity contribution in [2.24, 2.45) is 22.2 Å². The van der Waals surface area contributed by atoms with Gasteiger partial charge in [-0.25, -0.2) is 0 Å². The Bertz CT molecular complexity index is 325. The van der Waals surface area contributed by atoms with E-state index in [2.05, 4.69) is 27.4 Å². The Kier molecular flexibility index (Phi) is 1.67. The second kappa shape index (κ2) is 2.52. The van der Waals surface area contributed by atoms with Gasteiger partial charge in [-0.2, -0.15) is 0 Å². The van der Waals surface area contributed by atoms with Crippen molar-refractivity contribution >= 4 is 0 Å². The van der Waals surface area contributed by atoms with Gasteiger partial charge in [0.05, 0.1) is 0 Å². The van der Waals surface area contributed by atoms with Crippen LogP contribution in [0.5, 0.6) is 0 Å². The van der Waals surface area contributed by atoms with Crippen molar-refractivity contribution < 1.29 is 0 Å². The zero-order valence-corrected chi connectivity index (χ0v) is 10.5. The van der Waals surface area contributed by atoms with Gasteiger partial charge in [0.1, 0.15) is 0 Å². The molecule has 3 atom stereocenters. The minimum absolute atomic E-state index is 0.564. The van der Waals surface area contributed by atoms with Crippen molar-refractivity contribution in [2.45, 2.75) is 59.3 Å². The molecule has 0 amide bonds. The summed E-state index contributed by atoms with van der Waals surface area (Å²) in [7, 11) is 0. The lowest BCUT2D eigenvalue weighted by atomic mass is 9.38. The van der Waals surface area contributed by atoms with Gasteiger partial charge in [0.25, 0.3) is 0 Å². The molecule has 3 aliphatic carbocycles. The van der Waals surface area contributed by atoms with Gasteiger partial charge in [-0.1, -0.05) is 32.9 Å². The van der Waals surface area contributed by atoms with Gasteiger partial charge in [-0.05, 0) is 55.3 Å². The third kappa shape index (κ3) is 0.905. The molecule has 0 bridgehead atoms. The SMILES string of the molecule is C=C1CCC[C@]2(C)CC[C@H]3C(C)(C)C[C@]132. The van der Waals surface area contributed by atoms with Gasteiger partial charge in [-0.3, -0.25) is 0 Å². The van der Waals surface area contributed by atoms with Gasteiger partial charge in [0.15, 0.2) is 0 Å². The first-order valence-corrected chi connectivity index (χ1v) is 6.61. The zero-order valence-electron chi connectivity index (χ0n) is 10.5. The van der Waals surface area contributed by atoms with Gasteiger partial charge in [0.2, 0.25) is 0 Å². The Hall–Kier alpha value is -0.260. The lowest BCUT2D eigenvalue weighted by Gasteiger charge is -2.66. The predicted molar refractivity (Wildman–Crippen MR) is 64.7 cm³/mol. The zero-order chi connectivity index (χ0) is 10.9. The maximum atomic E-state index is 4.44. The number of allylic oxidation sites excluding steroid dienone is 1. The Morgan fingerprint density at radius 3 is 2.60 bits per heavy atom. The quantitative estimate of drug-likeness (QED) is 0.507. The summed E-state index contributed by atoms with van der Waals surface area (Å²) >= 11 is 0. The Balaban J connectivity index is 2.05. The van der Waals surface area contributed by atoms with Gasteiger partial charge in [-0.15, -0.1) is 0 Å².